The number of ether oxygens (including phenoxy) is 1. The molecule has 16 heavy (non-hydrogen) atoms. The number of benzene rings is 2. The lowest BCUT2D eigenvalue weighted by molar-refractivity contribution is 0.358. The lowest BCUT2D eigenvalue weighted by Gasteiger charge is -2.07. The van der Waals surface area contributed by atoms with Gasteiger partial charge in [0.05, 0.1) is 6.61 Å². The molecule has 0 atom stereocenters. The van der Waals surface area contributed by atoms with E-state index in [9.17, 15) is 4.39 Å². The Labute approximate surface area is 93.5 Å². The highest BCUT2D eigenvalue weighted by Crippen LogP contribution is 2.36. The van der Waals surface area contributed by atoms with Crippen molar-refractivity contribution >= 4 is 0 Å². The summed E-state index contributed by atoms with van der Waals surface area (Å²) in [6.45, 7) is 0.724. The summed E-state index contributed by atoms with van der Waals surface area (Å²) in [5.41, 5.74) is 3.06. The first-order chi connectivity index (χ1) is 7.84. The summed E-state index contributed by atoms with van der Waals surface area (Å²) in [4.78, 5) is 0. The van der Waals surface area contributed by atoms with E-state index in [2.05, 4.69) is 6.07 Å². The zero-order valence-corrected chi connectivity index (χ0v) is 8.74. The van der Waals surface area contributed by atoms with Crippen molar-refractivity contribution in [1.82, 2.24) is 0 Å². The number of halogens is 1. The van der Waals surface area contributed by atoms with Gasteiger partial charge < -0.3 is 4.74 Å². The fourth-order valence-corrected chi connectivity index (χ4v) is 2.10. The van der Waals surface area contributed by atoms with Gasteiger partial charge in [0.25, 0.3) is 0 Å². The average Bonchev–Trinajstić information content (AvgIpc) is 2.76. The third kappa shape index (κ3) is 1.47. The summed E-state index contributed by atoms with van der Waals surface area (Å²) < 4.78 is 18.8. The van der Waals surface area contributed by atoms with E-state index in [4.69, 9.17) is 4.74 Å². The van der Waals surface area contributed by atoms with Crippen LogP contribution in [0.25, 0.3) is 11.1 Å². The Balaban J connectivity index is 2.17. The van der Waals surface area contributed by atoms with Gasteiger partial charge in [0.15, 0.2) is 0 Å². The molecule has 0 unspecified atom stereocenters. The van der Waals surface area contributed by atoms with Gasteiger partial charge in [-0.25, -0.2) is 4.39 Å². The first-order valence-electron chi connectivity index (χ1n) is 5.35. The average molecular weight is 214 g/mol. The summed E-state index contributed by atoms with van der Waals surface area (Å²) >= 11 is 0. The van der Waals surface area contributed by atoms with E-state index in [1.807, 2.05) is 18.2 Å². The van der Waals surface area contributed by atoms with Gasteiger partial charge in [-0.3, -0.25) is 0 Å². The summed E-state index contributed by atoms with van der Waals surface area (Å²) in [5.74, 6) is 0.696. The van der Waals surface area contributed by atoms with Crippen molar-refractivity contribution in [2.24, 2.45) is 0 Å². The van der Waals surface area contributed by atoms with E-state index in [-0.39, 0.29) is 5.82 Å². The normalized spacial score (nSPS) is 13.3. The molecule has 0 N–H and O–H groups in total. The molecule has 0 saturated heterocycles. The Morgan fingerprint density at radius 1 is 1.06 bits per heavy atom. The molecule has 0 radical (unpaired) electrons. The van der Waals surface area contributed by atoms with Gasteiger partial charge in [0.2, 0.25) is 0 Å². The van der Waals surface area contributed by atoms with Crippen LogP contribution in [0.3, 0.4) is 0 Å². The number of hydrogen-bond donors (Lipinski definition) is 0. The molecule has 1 aliphatic heterocycles. The van der Waals surface area contributed by atoms with Crippen molar-refractivity contribution < 1.29 is 9.13 Å². The largest absolute Gasteiger partial charge is 0.492 e. The molecule has 3 rings (SSSR count). The van der Waals surface area contributed by atoms with Gasteiger partial charge in [0, 0.05) is 12.0 Å². The van der Waals surface area contributed by atoms with Crippen LogP contribution in [0.4, 0.5) is 4.39 Å². The molecule has 0 spiro atoms. The first-order valence-corrected chi connectivity index (χ1v) is 5.35. The van der Waals surface area contributed by atoms with E-state index >= 15 is 0 Å². The summed E-state index contributed by atoms with van der Waals surface area (Å²) in [5, 5.41) is 0. The molecule has 1 aliphatic rings. The van der Waals surface area contributed by atoms with Crippen molar-refractivity contribution in [3.05, 3.63) is 53.8 Å². The van der Waals surface area contributed by atoms with Gasteiger partial charge in [-0.05, 0) is 23.3 Å². The van der Waals surface area contributed by atoms with Crippen LogP contribution >= 0.6 is 0 Å². The van der Waals surface area contributed by atoms with Gasteiger partial charge in [-0.1, -0.05) is 30.3 Å². The third-order valence-electron chi connectivity index (χ3n) is 2.85. The van der Waals surface area contributed by atoms with Crippen LogP contribution in [0.2, 0.25) is 0 Å². The van der Waals surface area contributed by atoms with Crippen molar-refractivity contribution in [1.29, 1.82) is 0 Å². The minimum absolute atomic E-state index is 0.215. The minimum Gasteiger partial charge on any atom is -0.492 e. The van der Waals surface area contributed by atoms with Crippen LogP contribution in [0.15, 0.2) is 42.5 Å². The Bertz CT molecular complexity index is 534. The van der Waals surface area contributed by atoms with Crippen molar-refractivity contribution in [2.45, 2.75) is 6.42 Å². The topological polar surface area (TPSA) is 9.23 Å². The van der Waals surface area contributed by atoms with Gasteiger partial charge in [-0.15, -0.1) is 0 Å². The maximum atomic E-state index is 13.2. The highest BCUT2D eigenvalue weighted by atomic mass is 19.1. The minimum atomic E-state index is -0.215. The molecular formula is C14H11FO. The number of para-hydroxylation sites is 1. The van der Waals surface area contributed by atoms with E-state index in [1.165, 1.54) is 17.7 Å². The van der Waals surface area contributed by atoms with Crippen molar-refractivity contribution in [3.63, 3.8) is 0 Å². The van der Waals surface area contributed by atoms with Crippen LogP contribution in [0.1, 0.15) is 5.56 Å². The molecule has 0 bridgehead atoms. The molecule has 1 nitrogen and oxygen atoms in total. The number of rotatable bonds is 1. The Morgan fingerprint density at radius 3 is 2.81 bits per heavy atom. The van der Waals surface area contributed by atoms with Crippen LogP contribution in [-0.2, 0) is 6.42 Å². The molecule has 80 valence electrons. The predicted octanol–water partition coefficient (Wildman–Crippen LogP) is 3.43. The SMILES string of the molecule is Fc1cccc(-c2cccc3c2OCC3)c1. The Morgan fingerprint density at radius 2 is 1.94 bits per heavy atom. The summed E-state index contributed by atoms with van der Waals surface area (Å²) in [6.07, 6.45) is 0.943. The highest BCUT2D eigenvalue weighted by molar-refractivity contribution is 5.72. The Kier molecular flexibility index (Phi) is 2.13. The lowest BCUT2D eigenvalue weighted by Crippen LogP contribution is -1.89. The number of hydrogen-bond acceptors (Lipinski definition) is 1. The van der Waals surface area contributed by atoms with Crippen molar-refractivity contribution in [3.8, 4) is 16.9 Å². The first kappa shape index (κ1) is 9.40. The predicted molar refractivity (Wildman–Crippen MR) is 61.0 cm³/mol. The second kappa shape index (κ2) is 3.63. The molecule has 0 fully saturated rings. The highest BCUT2D eigenvalue weighted by Gasteiger charge is 2.16. The van der Waals surface area contributed by atoms with Gasteiger partial charge >= 0.3 is 0 Å². The molecule has 2 heteroatoms. The standard InChI is InChI=1S/C14H11FO/c15-12-5-1-4-11(9-12)13-6-2-3-10-7-8-16-14(10)13/h1-6,9H,7-8H2. The smallest absolute Gasteiger partial charge is 0.130 e. The summed E-state index contributed by atoms with van der Waals surface area (Å²) in [7, 11) is 0. The lowest BCUT2D eigenvalue weighted by atomic mass is 10.0. The van der Waals surface area contributed by atoms with Crippen LogP contribution in [-0.4, -0.2) is 6.61 Å². The van der Waals surface area contributed by atoms with E-state index in [0.29, 0.717) is 0 Å². The number of fused-ring (bicyclic) bond motifs is 1. The molecule has 1 heterocycles. The zero-order valence-electron chi connectivity index (χ0n) is 8.74. The fourth-order valence-electron chi connectivity index (χ4n) is 2.10. The zero-order chi connectivity index (χ0) is 11.0. The van der Waals surface area contributed by atoms with Gasteiger partial charge in [-0.2, -0.15) is 0 Å². The maximum absolute atomic E-state index is 13.2. The summed E-state index contributed by atoms with van der Waals surface area (Å²) in [6, 6.07) is 12.6. The molecule has 0 aromatic heterocycles. The van der Waals surface area contributed by atoms with E-state index in [0.717, 1.165) is 29.9 Å². The van der Waals surface area contributed by atoms with Crippen LogP contribution < -0.4 is 4.74 Å². The molecule has 0 amide bonds. The van der Waals surface area contributed by atoms with Crippen LogP contribution in [0, 0.1) is 5.82 Å². The van der Waals surface area contributed by atoms with Crippen LogP contribution in [0.5, 0.6) is 5.75 Å². The van der Waals surface area contributed by atoms with E-state index < -0.39 is 0 Å². The second-order valence-electron chi connectivity index (χ2n) is 3.90. The fraction of sp³-hybridized carbons (Fsp3) is 0.143. The monoisotopic (exact) mass is 214 g/mol. The molecule has 2 aromatic carbocycles. The molecule has 0 aliphatic carbocycles. The Hall–Kier alpha value is -1.83. The maximum Gasteiger partial charge on any atom is 0.130 e. The second-order valence-corrected chi connectivity index (χ2v) is 3.90. The van der Waals surface area contributed by atoms with Gasteiger partial charge in [0.1, 0.15) is 11.6 Å². The van der Waals surface area contributed by atoms with Crippen molar-refractivity contribution in [2.75, 3.05) is 6.61 Å². The third-order valence-corrected chi connectivity index (χ3v) is 2.85. The quantitative estimate of drug-likeness (QED) is 0.706. The molecule has 0 saturated carbocycles. The van der Waals surface area contributed by atoms with E-state index in [1.54, 1.807) is 6.07 Å². The molecular weight excluding hydrogens is 203 g/mol. The molecule has 2 aromatic rings.